The largest absolute Gasteiger partial charge is 0.481 e. The highest BCUT2D eigenvalue weighted by atomic mass is 16.5. The Balaban J connectivity index is 1.31. The summed E-state index contributed by atoms with van der Waals surface area (Å²) in [4.78, 5) is 37.0. The number of amides is 2. The number of carbonyl (C=O) groups excluding carboxylic acids is 2. The van der Waals surface area contributed by atoms with Gasteiger partial charge in [-0.15, -0.1) is 0 Å². The lowest BCUT2D eigenvalue weighted by Crippen LogP contribution is -2.56. The number of nitrogens with zero attached hydrogens (tertiary/aromatic N) is 1. The molecule has 1 fully saturated rings. The third-order valence-corrected chi connectivity index (χ3v) is 5.78. The number of benzene rings is 2. The van der Waals surface area contributed by atoms with Crippen molar-refractivity contribution in [3.63, 3.8) is 0 Å². The SMILES string of the molecule is CC(NC(=O)OCC1c2ccccc2-c2ccccc21)C(=O)N1CC(CC(=O)O)C1. The Bertz CT molecular complexity index is 938. The van der Waals surface area contributed by atoms with Crippen LogP contribution in [-0.2, 0) is 14.3 Å². The predicted molar refractivity (Wildman–Crippen MR) is 110 cm³/mol. The molecule has 0 radical (unpaired) electrons. The zero-order valence-corrected chi connectivity index (χ0v) is 16.7. The number of fused-ring (bicyclic) bond motifs is 3. The Kier molecular flexibility index (Phi) is 5.44. The molecule has 156 valence electrons. The van der Waals surface area contributed by atoms with Crippen LogP contribution in [0.4, 0.5) is 4.79 Å². The number of ether oxygens (including phenoxy) is 1. The first kappa shape index (κ1) is 19.9. The van der Waals surface area contributed by atoms with Gasteiger partial charge in [-0.05, 0) is 29.2 Å². The van der Waals surface area contributed by atoms with Crippen molar-refractivity contribution in [2.75, 3.05) is 19.7 Å². The highest BCUT2D eigenvalue weighted by Crippen LogP contribution is 2.44. The third-order valence-electron chi connectivity index (χ3n) is 5.78. The van der Waals surface area contributed by atoms with E-state index in [0.717, 1.165) is 22.3 Å². The summed E-state index contributed by atoms with van der Waals surface area (Å²) >= 11 is 0. The summed E-state index contributed by atoms with van der Waals surface area (Å²) in [5.74, 6) is -1.16. The number of carbonyl (C=O) groups is 3. The molecule has 2 aromatic carbocycles. The maximum absolute atomic E-state index is 12.4. The lowest BCUT2D eigenvalue weighted by Gasteiger charge is -2.39. The fourth-order valence-corrected chi connectivity index (χ4v) is 4.28. The van der Waals surface area contributed by atoms with E-state index in [-0.39, 0.29) is 30.8 Å². The van der Waals surface area contributed by atoms with E-state index in [1.165, 1.54) is 0 Å². The Hall–Kier alpha value is -3.35. The first-order valence-corrected chi connectivity index (χ1v) is 10.1. The predicted octanol–water partition coefficient (Wildman–Crippen LogP) is 2.85. The molecule has 0 spiro atoms. The normalized spacial score (nSPS) is 16.2. The van der Waals surface area contributed by atoms with Crippen LogP contribution in [0.15, 0.2) is 48.5 Å². The van der Waals surface area contributed by atoms with Crippen molar-refractivity contribution in [1.82, 2.24) is 10.2 Å². The molecule has 1 aliphatic heterocycles. The zero-order chi connectivity index (χ0) is 21.3. The van der Waals surface area contributed by atoms with Gasteiger partial charge in [0.05, 0.1) is 6.42 Å². The van der Waals surface area contributed by atoms with Crippen molar-refractivity contribution in [2.45, 2.75) is 25.3 Å². The fourth-order valence-electron chi connectivity index (χ4n) is 4.28. The van der Waals surface area contributed by atoms with Crippen LogP contribution in [0.2, 0.25) is 0 Å². The Labute approximate surface area is 174 Å². The van der Waals surface area contributed by atoms with Gasteiger partial charge in [0, 0.05) is 24.9 Å². The second kappa shape index (κ2) is 8.18. The van der Waals surface area contributed by atoms with Crippen LogP contribution in [0.25, 0.3) is 11.1 Å². The first-order chi connectivity index (χ1) is 14.4. The molecule has 2 amide bonds. The number of nitrogens with one attached hydrogen (secondary N) is 1. The molecular weight excluding hydrogens is 384 g/mol. The van der Waals surface area contributed by atoms with E-state index in [2.05, 4.69) is 17.4 Å². The van der Waals surface area contributed by atoms with Gasteiger partial charge in [0.15, 0.2) is 0 Å². The van der Waals surface area contributed by atoms with E-state index in [1.54, 1.807) is 11.8 Å². The van der Waals surface area contributed by atoms with Gasteiger partial charge in [-0.2, -0.15) is 0 Å². The fraction of sp³-hybridized carbons (Fsp3) is 0.348. The lowest BCUT2D eigenvalue weighted by atomic mass is 9.95. The molecule has 2 N–H and O–H groups in total. The molecule has 0 aromatic heterocycles. The van der Waals surface area contributed by atoms with Gasteiger partial charge < -0.3 is 20.1 Å². The molecule has 2 aliphatic rings. The second-order valence-corrected chi connectivity index (χ2v) is 7.90. The number of hydrogen-bond acceptors (Lipinski definition) is 4. The van der Waals surface area contributed by atoms with E-state index >= 15 is 0 Å². The molecule has 7 nitrogen and oxygen atoms in total. The molecule has 1 atom stereocenters. The number of carboxylic acids is 1. The summed E-state index contributed by atoms with van der Waals surface area (Å²) in [6.45, 7) is 2.60. The van der Waals surface area contributed by atoms with Crippen LogP contribution in [0, 0.1) is 5.92 Å². The topological polar surface area (TPSA) is 95.9 Å². The average Bonchev–Trinajstić information content (AvgIpc) is 3.02. The highest BCUT2D eigenvalue weighted by molar-refractivity contribution is 5.86. The quantitative estimate of drug-likeness (QED) is 0.766. The molecule has 30 heavy (non-hydrogen) atoms. The highest BCUT2D eigenvalue weighted by Gasteiger charge is 2.35. The van der Waals surface area contributed by atoms with Crippen molar-refractivity contribution < 1.29 is 24.2 Å². The van der Waals surface area contributed by atoms with Gasteiger partial charge >= 0.3 is 12.1 Å². The van der Waals surface area contributed by atoms with E-state index < -0.39 is 18.1 Å². The monoisotopic (exact) mass is 408 g/mol. The Morgan fingerprint density at radius 2 is 1.63 bits per heavy atom. The molecule has 0 saturated carbocycles. The lowest BCUT2D eigenvalue weighted by molar-refractivity contribution is -0.145. The smallest absolute Gasteiger partial charge is 0.407 e. The molecule has 2 aromatic rings. The Morgan fingerprint density at radius 3 is 2.20 bits per heavy atom. The molecule has 1 aliphatic carbocycles. The molecule has 7 heteroatoms. The first-order valence-electron chi connectivity index (χ1n) is 10.1. The summed E-state index contributed by atoms with van der Waals surface area (Å²) in [5.41, 5.74) is 4.56. The van der Waals surface area contributed by atoms with Crippen molar-refractivity contribution in [3.05, 3.63) is 59.7 Å². The van der Waals surface area contributed by atoms with E-state index in [0.29, 0.717) is 13.1 Å². The average molecular weight is 408 g/mol. The molecule has 4 rings (SSSR count). The molecule has 1 heterocycles. The van der Waals surface area contributed by atoms with E-state index in [1.807, 2.05) is 36.4 Å². The van der Waals surface area contributed by atoms with Crippen LogP contribution < -0.4 is 5.32 Å². The van der Waals surface area contributed by atoms with Crippen LogP contribution in [0.1, 0.15) is 30.4 Å². The number of aliphatic carboxylic acids is 1. The summed E-state index contributed by atoms with van der Waals surface area (Å²) in [6.07, 6.45) is -0.585. The molecule has 1 unspecified atom stereocenters. The maximum Gasteiger partial charge on any atom is 0.407 e. The minimum atomic E-state index is -0.864. The molecule has 1 saturated heterocycles. The van der Waals surface area contributed by atoms with Gasteiger partial charge in [-0.25, -0.2) is 4.79 Å². The maximum atomic E-state index is 12.4. The van der Waals surface area contributed by atoms with Gasteiger partial charge in [0.25, 0.3) is 0 Å². The van der Waals surface area contributed by atoms with Crippen molar-refractivity contribution in [3.8, 4) is 11.1 Å². The van der Waals surface area contributed by atoms with Crippen molar-refractivity contribution >= 4 is 18.0 Å². The number of alkyl carbamates (subject to hydrolysis) is 1. The molecule has 0 bridgehead atoms. The number of rotatable bonds is 6. The molecular formula is C23H24N2O5. The number of hydrogen-bond donors (Lipinski definition) is 2. The van der Waals surface area contributed by atoms with Crippen LogP contribution >= 0.6 is 0 Å². The van der Waals surface area contributed by atoms with Crippen molar-refractivity contribution in [1.29, 1.82) is 0 Å². The van der Waals surface area contributed by atoms with E-state index in [9.17, 15) is 14.4 Å². The Morgan fingerprint density at radius 1 is 1.07 bits per heavy atom. The minimum absolute atomic E-state index is 0.0203. The standard InChI is InChI=1S/C23H24N2O5/c1-14(22(28)25-11-15(12-25)10-21(26)27)24-23(29)30-13-20-18-8-4-2-6-16(18)17-7-3-5-9-19(17)20/h2-9,14-15,20H,10-13H2,1H3,(H,24,29)(H,26,27). The minimum Gasteiger partial charge on any atom is -0.481 e. The number of likely N-dealkylation sites (tertiary alicyclic amines) is 1. The zero-order valence-electron chi connectivity index (χ0n) is 16.7. The van der Waals surface area contributed by atoms with Crippen LogP contribution in [0.5, 0.6) is 0 Å². The summed E-state index contributed by atoms with van der Waals surface area (Å²) in [7, 11) is 0. The number of carboxylic acid groups (broad SMARTS) is 1. The van der Waals surface area contributed by atoms with Crippen LogP contribution in [-0.4, -0.2) is 53.7 Å². The van der Waals surface area contributed by atoms with E-state index in [4.69, 9.17) is 9.84 Å². The summed E-state index contributed by atoms with van der Waals surface area (Å²) < 4.78 is 5.47. The van der Waals surface area contributed by atoms with Gasteiger partial charge in [0.1, 0.15) is 12.6 Å². The van der Waals surface area contributed by atoms with Gasteiger partial charge in [-0.1, -0.05) is 48.5 Å². The van der Waals surface area contributed by atoms with Crippen molar-refractivity contribution in [2.24, 2.45) is 5.92 Å². The summed E-state index contributed by atoms with van der Waals surface area (Å²) in [6, 6.07) is 15.4. The third kappa shape index (κ3) is 3.87. The second-order valence-electron chi connectivity index (χ2n) is 7.90. The summed E-state index contributed by atoms with van der Waals surface area (Å²) in [5, 5.41) is 11.4. The van der Waals surface area contributed by atoms with Gasteiger partial charge in [0.2, 0.25) is 5.91 Å². The van der Waals surface area contributed by atoms with Gasteiger partial charge in [-0.3, -0.25) is 9.59 Å². The van der Waals surface area contributed by atoms with Crippen LogP contribution in [0.3, 0.4) is 0 Å².